The maximum absolute atomic E-state index is 12.2. The van der Waals surface area contributed by atoms with Crippen LogP contribution in [0.1, 0.15) is 26.3 Å². The van der Waals surface area contributed by atoms with Gasteiger partial charge in [0.15, 0.2) is 6.10 Å². The number of nitrogens with one attached hydrogen (secondary N) is 2. The molecule has 0 spiro atoms. The minimum atomic E-state index is -4.05. The predicted octanol–water partition coefficient (Wildman–Crippen LogP) is 0.540. The molecule has 1 atom stereocenters. The Hall–Kier alpha value is -2.44. The Morgan fingerprint density at radius 3 is 2.48 bits per heavy atom. The summed E-state index contributed by atoms with van der Waals surface area (Å²) in [5.41, 5.74) is -0.0372. The molecule has 0 aliphatic carbocycles. The molecular weight excluding hydrogens is 346 g/mol. The van der Waals surface area contributed by atoms with E-state index in [1.54, 1.807) is 6.07 Å². The normalized spacial score (nSPS) is 12.3. The average Bonchev–Trinajstić information content (AvgIpc) is 2.57. The Kier molecular flexibility index (Phi) is 7.54. The monoisotopic (exact) mass is 367 g/mol. The molecule has 2 N–H and O–H groups in total. The van der Waals surface area contributed by atoms with E-state index < -0.39 is 34.5 Å². The van der Waals surface area contributed by atoms with Gasteiger partial charge in [-0.3, -0.25) is 9.59 Å². The number of rotatable bonds is 8. The number of carbonyl (C=O) groups is 2. The molecule has 0 saturated carbocycles. The zero-order valence-corrected chi connectivity index (χ0v) is 15.1. The molecule has 0 bridgehead atoms. The van der Waals surface area contributed by atoms with E-state index in [4.69, 9.17) is 10.00 Å². The maximum Gasteiger partial charge on any atom is 0.321 e. The fourth-order valence-electron chi connectivity index (χ4n) is 1.77. The van der Waals surface area contributed by atoms with Crippen LogP contribution in [0, 0.1) is 17.2 Å². The van der Waals surface area contributed by atoms with Gasteiger partial charge in [-0.05, 0) is 25.0 Å². The zero-order chi connectivity index (χ0) is 19.0. The number of nitrogens with zero attached hydrogens (tertiary/aromatic N) is 1. The molecule has 1 amide bonds. The van der Waals surface area contributed by atoms with E-state index >= 15 is 0 Å². The minimum Gasteiger partial charge on any atom is -0.452 e. The van der Waals surface area contributed by atoms with Gasteiger partial charge in [0.1, 0.15) is 12.6 Å². The summed E-state index contributed by atoms with van der Waals surface area (Å²) in [7, 11) is -4.05. The summed E-state index contributed by atoms with van der Waals surface area (Å²) in [4.78, 5) is 23.2. The first kappa shape index (κ1) is 20.6. The maximum atomic E-state index is 12.2. The van der Waals surface area contributed by atoms with Crippen LogP contribution < -0.4 is 10.0 Å². The molecule has 1 aromatic carbocycles. The molecule has 136 valence electrons. The molecule has 0 radical (unpaired) electrons. The van der Waals surface area contributed by atoms with Crippen LogP contribution in [-0.2, 0) is 24.3 Å². The van der Waals surface area contributed by atoms with Crippen LogP contribution in [0.2, 0.25) is 0 Å². The summed E-state index contributed by atoms with van der Waals surface area (Å²) < 4.78 is 31.3. The summed E-state index contributed by atoms with van der Waals surface area (Å²) >= 11 is 0. The first-order valence-corrected chi connectivity index (χ1v) is 9.11. The SMILES string of the molecule is CC(C)CNC(=O)[C@@H](C)OC(=O)CNS(=O)(=O)c1ccccc1C#N. The standard InChI is InChI=1S/C16H21N3O5S/c1-11(2)9-18-16(21)12(3)24-15(20)10-19-25(22,23)14-7-5-4-6-13(14)8-17/h4-7,11-12,19H,9-10H2,1-3H3,(H,18,21)/t12-/m1/s1. The second-order valence-electron chi connectivity index (χ2n) is 5.70. The second-order valence-corrected chi connectivity index (χ2v) is 7.44. The first-order chi connectivity index (χ1) is 11.7. The van der Waals surface area contributed by atoms with Gasteiger partial charge in [0.25, 0.3) is 5.91 Å². The summed E-state index contributed by atoms with van der Waals surface area (Å²) in [5, 5.41) is 11.6. The number of sulfonamides is 1. The van der Waals surface area contributed by atoms with Crippen LogP contribution in [0.15, 0.2) is 29.2 Å². The van der Waals surface area contributed by atoms with Crippen molar-refractivity contribution in [3.8, 4) is 6.07 Å². The van der Waals surface area contributed by atoms with Crippen molar-refractivity contribution < 1.29 is 22.7 Å². The lowest BCUT2D eigenvalue weighted by atomic mass is 10.2. The fraction of sp³-hybridized carbons (Fsp3) is 0.438. The highest BCUT2D eigenvalue weighted by Crippen LogP contribution is 2.13. The molecule has 25 heavy (non-hydrogen) atoms. The van der Waals surface area contributed by atoms with Crippen molar-refractivity contribution in [1.82, 2.24) is 10.0 Å². The molecule has 0 fully saturated rings. The zero-order valence-electron chi connectivity index (χ0n) is 14.3. The van der Waals surface area contributed by atoms with E-state index in [2.05, 4.69) is 10.0 Å². The van der Waals surface area contributed by atoms with Crippen LogP contribution in [0.5, 0.6) is 0 Å². The molecule has 0 unspecified atom stereocenters. The lowest BCUT2D eigenvalue weighted by Gasteiger charge is -2.15. The van der Waals surface area contributed by atoms with Crippen LogP contribution in [0.25, 0.3) is 0 Å². The highest BCUT2D eigenvalue weighted by atomic mass is 32.2. The molecule has 8 nitrogen and oxygen atoms in total. The van der Waals surface area contributed by atoms with Crippen molar-refractivity contribution >= 4 is 21.9 Å². The number of hydrogen-bond acceptors (Lipinski definition) is 6. The summed E-state index contributed by atoms with van der Waals surface area (Å²) in [5.74, 6) is -1.11. The van der Waals surface area contributed by atoms with Crippen LogP contribution >= 0.6 is 0 Å². The number of esters is 1. The number of nitriles is 1. The lowest BCUT2D eigenvalue weighted by molar-refractivity contribution is -0.153. The molecule has 1 rings (SSSR count). The second kappa shape index (κ2) is 9.15. The molecule has 1 aromatic rings. The highest BCUT2D eigenvalue weighted by Gasteiger charge is 2.22. The molecular formula is C16H21N3O5S. The van der Waals surface area contributed by atoms with Gasteiger partial charge in [0.05, 0.1) is 10.5 Å². The minimum absolute atomic E-state index is 0.0372. The number of amides is 1. The number of carbonyl (C=O) groups excluding carboxylic acids is 2. The van der Waals surface area contributed by atoms with Crippen molar-refractivity contribution in [3.05, 3.63) is 29.8 Å². The van der Waals surface area contributed by atoms with Crippen molar-refractivity contribution in [2.45, 2.75) is 31.8 Å². The van der Waals surface area contributed by atoms with Gasteiger partial charge in [-0.2, -0.15) is 9.98 Å². The molecule has 0 saturated heterocycles. The number of benzene rings is 1. The van der Waals surface area contributed by atoms with Crippen molar-refractivity contribution in [3.63, 3.8) is 0 Å². The van der Waals surface area contributed by atoms with Crippen LogP contribution in [0.3, 0.4) is 0 Å². The third-order valence-electron chi connectivity index (χ3n) is 3.07. The van der Waals surface area contributed by atoms with Crippen LogP contribution in [0.4, 0.5) is 0 Å². The van der Waals surface area contributed by atoms with E-state index in [1.807, 2.05) is 13.8 Å². The topological polar surface area (TPSA) is 125 Å². The van der Waals surface area contributed by atoms with Gasteiger partial charge in [-0.1, -0.05) is 26.0 Å². The quantitative estimate of drug-likeness (QED) is 0.646. The Morgan fingerprint density at radius 2 is 1.88 bits per heavy atom. The van der Waals surface area contributed by atoms with E-state index in [0.29, 0.717) is 6.54 Å². The molecule has 0 aliphatic heterocycles. The van der Waals surface area contributed by atoms with Crippen molar-refractivity contribution in [2.24, 2.45) is 5.92 Å². The Balaban J connectivity index is 2.61. The molecule has 0 heterocycles. The van der Waals surface area contributed by atoms with Gasteiger partial charge >= 0.3 is 5.97 Å². The van der Waals surface area contributed by atoms with E-state index in [-0.39, 0.29) is 16.4 Å². The third-order valence-corrected chi connectivity index (χ3v) is 4.52. The number of hydrogen-bond donors (Lipinski definition) is 2. The van der Waals surface area contributed by atoms with Gasteiger partial charge in [-0.15, -0.1) is 0 Å². The largest absolute Gasteiger partial charge is 0.452 e. The highest BCUT2D eigenvalue weighted by molar-refractivity contribution is 7.89. The fourth-order valence-corrected chi connectivity index (χ4v) is 2.89. The molecule has 9 heteroatoms. The van der Waals surface area contributed by atoms with Gasteiger partial charge in [0.2, 0.25) is 10.0 Å². The number of ether oxygens (including phenoxy) is 1. The Bertz CT molecular complexity index is 768. The van der Waals surface area contributed by atoms with Crippen LogP contribution in [-0.4, -0.2) is 39.5 Å². The Morgan fingerprint density at radius 1 is 1.24 bits per heavy atom. The lowest BCUT2D eigenvalue weighted by Crippen LogP contribution is -2.40. The molecule has 0 aromatic heterocycles. The smallest absolute Gasteiger partial charge is 0.321 e. The summed E-state index contributed by atoms with van der Waals surface area (Å²) in [6, 6.07) is 7.38. The first-order valence-electron chi connectivity index (χ1n) is 7.63. The van der Waals surface area contributed by atoms with E-state index in [0.717, 1.165) is 0 Å². The van der Waals surface area contributed by atoms with Gasteiger partial charge < -0.3 is 10.1 Å². The van der Waals surface area contributed by atoms with Gasteiger partial charge in [-0.25, -0.2) is 8.42 Å². The van der Waals surface area contributed by atoms with E-state index in [1.165, 1.54) is 31.2 Å². The summed E-state index contributed by atoms with van der Waals surface area (Å²) in [6.45, 7) is 5.03. The van der Waals surface area contributed by atoms with Crippen molar-refractivity contribution in [2.75, 3.05) is 13.1 Å². The summed E-state index contributed by atoms with van der Waals surface area (Å²) in [6.07, 6.45) is -1.04. The predicted molar refractivity (Wildman–Crippen MR) is 89.7 cm³/mol. The third kappa shape index (κ3) is 6.52. The van der Waals surface area contributed by atoms with Gasteiger partial charge in [0, 0.05) is 6.54 Å². The average molecular weight is 367 g/mol. The van der Waals surface area contributed by atoms with Crippen molar-refractivity contribution in [1.29, 1.82) is 5.26 Å². The van der Waals surface area contributed by atoms with E-state index in [9.17, 15) is 18.0 Å². The molecule has 0 aliphatic rings. The Labute approximate surface area is 147 Å².